The summed E-state index contributed by atoms with van der Waals surface area (Å²) in [7, 11) is 0. The van der Waals surface area contributed by atoms with E-state index in [1.165, 1.54) is 5.56 Å². The van der Waals surface area contributed by atoms with Crippen LogP contribution in [0, 0.1) is 0 Å². The van der Waals surface area contributed by atoms with E-state index in [0.29, 0.717) is 0 Å². The van der Waals surface area contributed by atoms with Gasteiger partial charge in [0.05, 0.1) is 11.4 Å². The predicted octanol–water partition coefficient (Wildman–Crippen LogP) is 7.58. The number of fused-ring (bicyclic) bond motifs is 1. The van der Waals surface area contributed by atoms with Crippen molar-refractivity contribution in [1.82, 2.24) is 14.9 Å². The first kappa shape index (κ1) is 23.4. The minimum atomic E-state index is 0.109. The molecule has 1 aliphatic rings. The Morgan fingerprint density at radius 3 is 2.25 bits per heavy atom. The zero-order valence-electron chi connectivity index (χ0n) is 19.5. The van der Waals surface area contributed by atoms with Crippen LogP contribution in [0.15, 0.2) is 90.6 Å². The van der Waals surface area contributed by atoms with Crippen LogP contribution in [0.1, 0.15) is 17.2 Å². The minimum Gasteiger partial charge on any atom is -0.353 e. The molecule has 0 bridgehead atoms. The molecule has 0 saturated carbocycles. The van der Waals surface area contributed by atoms with Gasteiger partial charge in [-0.05, 0) is 34.9 Å². The summed E-state index contributed by atoms with van der Waals surface area (Å²) in [4.78, 5) is 15.2. The molecule has 0 radical (unpaired) electrons. The molecule has 0 aliphatic carbocycles. The summed E-state index contributed by atoms with van der Waals surface area (Å²) >= 11 is 14.5. The summed E-state index contributed by atoms with van der Waals surface area (Å²) in [6.07, 6.45) is 1.68. The Hall–Kier alpha value is -2.96. The zero-order chi connectivity index (χ0) is 24.5. The fourth-order valence-electron chi connectivity index (χ4n) is 5.05. The van der Waals surface area contributed by atoms with Crippen molar-refractivity contribution >= 4 is 50.6 Å². The Morgan fingerprint density at radius 1 is 0.778 bits per heavy atom. The van der Waals surface area contributed by atoms with Gasteiger partial charge < -0.3 is 4.90 Å². The van der Waals surface area contributed by atoms with Crippen LogP contribution in [0.4, 0.5) is 5.82 Å². The van der Waals surface area contributed by atoms with Gasteiger partial charge in [-0.3, -0.25) is 4.90 Å². The molecule has 0 spiro atoms. The lowest BCUT2D eigenvalue weighted by Gasteiger charge is -2.40. The van der Waals surface area contributed by atoms with Crippen LogP contribution in [0.2, 0.25) is 10.0 Å². The average Bonchev–Trinajstić information content (AvgIpc) is 3.36. The summed E-state index contributed by atoms with van der Waals surface area (Å²) < 4.78 is 0. The lowest BCUT2D eigenvalue weighted by molar-refractivity contribution is 0.212. The first-order valence-electron chi connectivity index (χ1n) is 12.0. The Labute approximate surface area is 224 Å². The third-order valence-electron chi connectivity index (χ3n) is 6.80. The average molecular weight is 532 g/mol. The summed E-state index contributed by atoms with van der Waals surface area (Å²) in [6.45, 7) is 3.54. The summed E-state index contributed by atoms with van der Waals surface area (Å²) in [5.41, 5.74) is 4.68. The number of hydrogen-bond acceptors (Lipinski definition) is 5. The third kappa shape index (κ3) is 4.48. The molecule has 1 atom stereocenters. The van der Waals surface area contributed by atoms with Crippen molar-refractivity contribution in [3.8, 4) is 11.1 Å². The number of piperazine rings is 1. The van der Waals surface area contributed by atoms with E-state index in [1.54, 1.807) is 17.7 Å². The Balaban J connectivity index is 1.31. The van der Waals surface area contributed by atoms with Crippen molar-refractivity contribution in [3.05, 3.63) is 112 Å². The van der Waals surface area contributed by atoms with Gasteiger partial charge in [0.2, 0.25) is 0 Å². The van der Waals surface area contributed by atoms with Gasteiger partial charge in [-0.2, -0.15) is 0 Å². The van der Waals surface area contributed by atoms with Crippen LogP contribution in [0.25, 0.3) is 21.3 Å². The number of nitrogens with zero attached hydrogens (tertiary/aromatic N) is 4. The second-order valence-electron chi connectivity index (χ2n) is 8.89. The molecule has 0 N–H and O–H groups in total. The fourth-order valence-corrected chi connectivity index (χ4v) is 6.33. The topological polar surface area (TPSA) is 32.3 Å². The zero-order valence-corrected chi connectivity index (χ0v) is 21.8. The molecule has 1 fully saturated rings. The molecule has 1 saturated heterocycles. The van der Waals surface area contributed by atoms with Crippen LogP contribution in [-0.4, -0.2) is 41.0 Å². The van der Waals surface area contributed by atoms with Crippen LogP contribution in [0.3, 0.4) is 0 Å². The largest absolute Gasteiger partial charge is 0.353 e. The van der Waals surface area contributed by atoms with Crippen molar-refractivity contribution in [2.45, 2.75) is 6.04 Å². The second-order valence-corrected chi connectivity index (χ2v) is 10.6. The maximum Gasteiger partial charge on any atom is 0.141 e. The number of halogens is 2. The van der Waals surface area contributed by atoms with E-state index < -0.39 is 0 Å². The van der Waals surface area contributed by atoms with Crippen LogP contribution < -0.4 is 4.90 Å². The number of hydrogen-bond donors (Lipinski definition) is 0. The van der Waals surface area contributed by atoms with Gasteiger partial charge in [0.25, 0.3) is 0 Å². The number of benzene rings is 3. The van der Waals surface area contributed by atoms with Gasteiger partial charge in [0, 0.05) is 47.2 Å². The smallest absolute Gasteiger partial charge is 0.141 e. The van der Waals surface area contributed by atoms with Crippen LogP contribution >= 0.6 is 34.5 Å². The molecule has 2 aromatic heterocycles. The first-order chi connectivity index (χ1) is 17.7. The van der Waals surface area contributed by atoms with Crippen molar-refractivity contribution in [2.75, 3.05) is 31.1 Å². The predicted molar refractivity (Wildman–Crippen MR) is 151 cm³/mol. The highest BCUT2D eigenvalue weighted by atomic mass is 35.5. The molecule has 3 aromatic carbocycles. The molecular formula is C29H24Cl2N4S. The molecule has 5 aromatic rings. The molecule has 7 heteroatoms. The monoisotopic (exact) mass is 530 g/mol. The van der Waals surface area contributed by atoms with Gasteiger partial charge in [-0.1, -0.05) is 83.9 Å². The maximum atomic E-state index is 6.69. The van der Waals surface area contributed by atoms with Gasteiger partial charge >= 0.3 is 0 Å². The van der Waals surface area contributed by atoms with Gasteiger partial charge in [0.15, 0.2) is 0 Å². The lowest BCUT2D eigenvalue weighted by atomic mass is 9.96. The van der Waals surface area contributed by atoms with E-state index in [0.717, 1.165) is 68.9 Å². The Bertz CT molecular complexity index is 1480. The van der Waals surface area contributed by atoms with Gasteiger partial charge in [0.1, 0.15) is 17.0 Å². The molecule has 36 heavy (non-hydrogen) atoms. The highest BCUT2D eigenvalue weighted by Crippen LogP contribution is 2.39. The Kier molecular flexibility index (Phi) is 6.63. The lowest BCUT2D eigenvalue weighted by Crippen LogP contribution is -2.48. The first-order valence-corrected chi connectivity index (χ1v) is 13.6. The quantitative estimate of drug-likeness (QED) is 0.234. The molecule has 3 heterocycles. The van der Waals surface area contributed by atoms with E-state index in [-0.39, 0.29) is 6.04 Å². The van der Waals surface area contributed by atoms with Crippen LogP contribution in [-0.2, 0) is 0 Å². The Morgan fingerprint density at radius 2 is 1.50 bits per heavy atom. The molecule has 0 amide bonds. The van der Waals surface area contributed by atoms with Gasteiger partial charge in [-0.25, -0.2) is 9.97 Å². The van der Waals surface area contributed by atoms with Gasteiger partial charge in [-0.15, -0.1) is 11.3 Å². The van der Waals surface area contributed by atoms with E-state index in [2.05, 4.69) is 74.8 Å². The van der Waals surface area contributed by atoms with Crippen LogP contribution in [0.5, 0.6) is 0 Å². The molecule has 6 rings (SSSR count). The van der Waals surface area contributed by atoms with Crippen molar-refractivity contribution in [3.63, 3.8) is 0 Å². The number of thiophene rings is 1. The normalized spacial score (nSPS) is 15.3. The van der Waals surface area contributed by atoms with E-state index in [1.807, 2.05) is 24.3 Å². The van der Waals surface area contributed by atoms with E-state index >= 15 is 0 Å². The summed E-state index contributed by atoms with van der Waals surface area (Å²) in [5.74, 6) is 1.000. The van der Waals surface area contributed by atoms with Crippen molar-refractivity contribution in [1.29, 1.82) is 0 Å². The molecule has 4 nitrogen and oxygen atoms in total. The summed E-state index contributed by atoms with van der Waals surface area (Å²) in [5, 5.41) is 4.82. The van der Waals surface area contributed by atoms with Crippen molar-refractivity contribution < 1.29 is 0 Å². The molecular weight excluding hydrogens is 507 g/mol. The number of anilines is 1. The third-order valence-corrected chi connectivity index (χ3v) is 8.28. The van der Waals surface area contributed by atoms with E-state index in [9.17, 15) is 0 Å². The summed E-state index contributed by atoms with van der Waals surface area (Å²) in [6, 6.07) is 26.9. The van der Waals surface area contributed by atoms with Crippen molar-refractivity contribution in [2.24, 2.45) is 0 Å². The highest BCUT2D eigenvalue weighted by molar-refractivity contribution is 7.17. The van der Waals surface area contributed by atoms with E-state index in [4.69, 9.17) is 28.2 Å². The molecule has 180 valence electrons. The fraction of sp³-hybridized carbons (Fsp3) is 0.172. The highest BCUT2D eigenvalue weighted by Gasteiger charge is 2.29. The number of rotatable bonds is 5. The minimum absolute atomic E-state index is 0.109. The second kappa shape index (κ2) is 10.2. The standard InChI is InChI=1S/C29H24Cl2N4S/c30-22-12-10-20(11-13-22)24-18-36-29-26(24)28(32-19-33-29)35-16-14-34(15-17-35)27(21-6-2-1-3-7-21)23-8-4-5-9-25(23)31/h1-13,18-19,27H,14-17H2/t27-/m0/s1. The number of aromatic nitrogens is 2. The SMILES string of the molecule is Clc1ccc(-c2csc3ncnc(N4CCN([C@@H](c5ccccc5)c5ccccc5Cl)CC4)c23)cc1. The molecule has 1 aliphatic heterocycles. The molecule has 0 unspecified atom stereocenters. The maximum absolute atomic E-state index is 6.69.